The first-order chi connectivity index (χ1) is 13.1. The van der Waals surface area contributed by atoms with Gasteiger partial charge in [-0.05, 0) is 58.5 Å². The third-order valence-electron chi connectivity index (χ3n) is 4.96. The minimum absolute atomic E-state index is 0.436. The van der Waals surface area contributed by atoms with Crippen LogP contribution >= 0.6 is 0 Å². The molecule has 27 heavy (non-hydrogen) atoms. The summed E-state index contributed by atoms with van der Waals surface area (Å²) in [5, 5.41) is 11.0. The van der Waals surface area contributed by atoms with Gasteiger partial charge in [-0.2, -0.15) is 5.26 Å². The number of halogens is 2. The summed E-state index contributed by atoms with van der Waals surface area (Å²) in [6, 6.07) is 16.2. The Hall–Kier alpha value is -2.73. The number of aryl methyl sites for hydroxylation is 1. The van der Waals surface area contributed by atoms with Crippen LogP contribution in [0.5, 0.6) is 0 Å². The fourth-order valence-electron chi connectivity index (χ4n) is 3.41. The number of unbranched alkanes of at least 4 members (excludes halogenated alkanes) is 4. The second-order valence-corrected chi connectivity index (χ2v) is 6.99. The average molecular weight is 363 g/mol. The van der Waals surface area contributed by atoms with Crippen LogP contribution in [0.15, 0.2) is 48.5 Å². The molecule has 0 radical (unpaired) electrons. The maximum absolute atomic E-state index is 13.9. The number of benzene rings is 3. The molecule has 0 aliphatic carbocycles. The topological polar surface area (TPSA) is 23.8 Å². The van der Waals surface area contributed by atoms with Crippen molar-refractivity contribution in [1.82, 2.24) is 0 Å². The van der Waals surface area contributed by atoms with Gasteiger partial charge in [-0.3, -0.25) is 0 Å². The van der Waals surface area contributed by atoms with Crippen molar-refractivity contribution in [1.29, 1.82) is 5.26 Å². The van der Waals surface area contributed by atoms with Crippen LogP contribution in [0.2, 0.25) is 0 Å². The molecule has 3 rings (SSSR count). The molecule has 0 saturated heterocycles. The second-order valence-electron chi connectivity index (χ2n) is 6.99. The van der Waals surface area contributed by atoms with E-state index < -0.39 is 17.2 Å². The molecule has 0 saturated carbocycles. The van der Waals surface area contributed by atoms with Crippen molar-refractivity contribution in [2.24, 2.45) is 0 Å². The molecule has 0 aliphatic rings. The Morgan fingerprint density at radius 1 is 0.778 bits per heavy atom. The average Bonchev–Trinajstić information content (AvgIpc) is 2.67. The molecule has 138 valence electrons. The van der Waals surface area contributed by atoms with E-state index >= 15 is 0 Å². The van der Waals surface area contributed by atoms with Crippen LogP contribution < -0.4 is 0 Å². The van der Waals surface area contributed by atoms with Gasteiger partial charge in [0.05, 0.1) is 0 Å². The molecule has 0 spiro atoms. The third kappa shape index (κ3) is 4.52. The Kier molecular flexibility index (Phi) is 6.19. The van der Waals surface area contributed by atoms with Crippen LogP contribution in [0, 0.1) is 23.0 Å². The van der Waals surface area contributed by atoms with Crippen LogP contribution in [0.3, 0.4) is 0 Å². The van der Waals surface area contributed by atoms with Crippen LogP contribution in [0.4, 0.5) is 8.78 Å². The van der Waals surface area contributed by atoms with E-state index in [2.05, 4.69) is 25.1 Å². The van der Waals surface area contributed by atoms with Crippen LogP contribution in [0.1, 0.15) is 50.2 Å². The Bertz CT molecular complexity index is 962. The highest BCUT2D eigenvalue weighted by Gasteiger charge is 2.12. The zero-order valence-electron chi connectivity index (χ0n) is 15.6. The predicted octanol–water partition coefficient (Wildman–Crippen LogP) is 7.17. The summed E-state index contributed by atoms with van der Waals surface area (Å²) in [6.45, 7) is 2.22. The number of fused-ring (bicyclic) bond motifs is 1. The Balaban J connectivity index is 1.80. The Morgan fingerprint density at radius 2 is 1.44 bits per heavy atom. The zero-order chi connectivity index (χ0) is 19.2. The molecule has 0 N–H and O–H groups in total. The Labute approximate surface area is 159 Å². The van der Waals surface area contributed by atoms with Gasteiger partial charge in [-0.25, -0.2) is 8.78 Å². The molecule has 0 amide bonds. The van der Waals surface area contributed by atoms with Crippen LogP contribution in [-0.2, 0) is 6.42 Å². The molecule has 1 nitrogen and oxygen atoms in total. The summed E-state index contributed by atoms with van der Waals surface area (Å²) in [4.78, 5) is 0. The van der Waals surface area contributed by atoms with Crippen molar-refractivity contribution in [2.75, 3.05) is 0 Å². The lowest BCUT2D eigenvalue weighted by Gasteiger charge is -2.08. The van der Waals surface area contributed by atoms with Gasteiger partial charge < -0.3 is 0 Å². The number of rotatable bonds is 7. The number of nitriles is 1. The number of hydrogen-bond donors (Lipinski definition) is 0. The molecule has 0 unspecified atom stereocenters. The molecule has 3 aromatic rings. The van der Waals surface area contributed by atoms with Crippen molar-refractivity contribution >= 4 is 10.8 Å². The monoisotopic (exact) mass is 363 g/mol. The van der Waals surface area contributed by atoms with Crippen molar-refractivity contribution < 1.29 is 8.78 Å². The summed E-state index contributed by atoms with van der Waals surface area (Å²) in [5.41, 5.74) is 1.95. The normalized spacial score (nSPS) is 10.9. The maximum atomic E-state index is 13.9. The van der Waals surface area contributed by atoms with Crippen molar-refractivity contribution in [3.05, 3.63) is 71.3 Å². The maximum Gasteiger partial charge on any atom is 0.144 e. The highest BCUT2D eigenvalue weighted by molar-refractivity contribution is 5.88. The van der Waals surface area contributed by atoms with E-state index in [-0.39, 0.29) is 0 Å². The first-order valence-electron chi connectivity index (χ1n) is 9.54. The summed E-state index contributed by atoms with van der Waals surface area (Å²) in [7, 11) is 0. The van der Waals surface area contributed by atoms with E-state index in [0.29, 0.717) is 5.56 Å². The molecule has 0 atom stereocenters. The molecule has 3 heteroatoms. The molecule has 3 aromatic carbocycles. The van der Waals surface area contributed by atoms with Crippen molar-refractivity contribution in [3.8, 4) is 17.2 Å². The summed E-state index contributed by atoms with van der Waals surface area (Å²) in [6.07, 6.45) is 7.40. The smallest absolute Gasteiger partial charge is 0.144 e. The molecular formula is C24H23F2N. The van der Waals surface area contributed by atoms with E-state index in [4.69, 9.17) is 5.26 Å². The van der Waals surface area contributed by atoms with Gasteiger partial charge >= 0.3 is 0 Å². The minimum atomic E-state index is -0.828. The molecular weight excluding hydrogens is 340 g/mol. The molecule has 0 aromatic heterocycles. The highest BCUT2D eigenvalue weighted by Crippen LogP contribution is 2.28. The van der Waals surface area contributed by atoms with E-state index in [1.165, 1.54) is 49.8 Å². The van der Waals surface area contributed by atoms with Gasteiger partial charge in [0.1, 0.15) is 23.3 Å². The van der Waals surface area contributed by atoms with Crippen molar-refractivity contribution in [3.63, 3.8) is 0 Å². The van der Waals surface area contributed by atoms with Gasteiger partial charge in [0.25, 0.3) is 0 Å². The van der Waals surface area contributed by atoms with Gasteiger partial charge in [0, 0.05) is 0 Å². The van der Waals surface area contributed by atoms with Gasteiger partial charge in [-0.15, -0.1) is 0 Å². The van der Waals surface area contributed by atoms with Crippen molar-refractivity contribution in [2.45, 2.75) is 45.4 Å². The second kappa shape index (κ2) is 8.77. The third-order valence-corrected chi connectivity index (χ3v) is 4.96. The quantitative estimate of drug-likeness (QED) is 0.408. The lowest BCUT2D eigenvalue weighted by Crippen LogP contribution is -1.92. The molecule has 0 bridgehead atoms. The van der Waals surface area contributed by atoms with E-state index in [9.17, 15) is 8.78 Å². The Morgan fingerprint density at radius 3 is 2.15 bits per heavy atom. The van der Waals surface area contributed by atoms with E-state index in [1.807, 2.05) is 18.2 Å². The lowest BCUT2D eigenvalue weighted by atomic mass is 9.97. The first kappa shape index (κ1) is 19.0. The number of hydrogen-bond acceptors (Lipinski definition) is 1. The molecule has 0 heterocycles. The highest BCUT2D eigenvalue weighted by atomic mass is 19.1. The fraction of sp³-hybridized carbons (Fsp3) is 0.292. The van der Waals surface area contributed by atoms with Crippen LogP contribution in [0.25, 0.3) is 21.9 Å². The minimum Gasteiger partial charge on any atom is -0.205 e. The van der Waals surface area contributed by atoms with Crippen LogP contribution in [-0.4, -0.2) is 0 Å². The predicted molar refractivity (Wildman–Crippen MR) is 106 cm³/mol. The SMILES string of the molecule is CCCCCCCc1ccc2cc(-c3cc(F)c(C#N)c(F)c3)ccc2c1. The standard InChI is InChI=1S/C24H23F2N/c1-2-3-4-5-6-7-17-8-9-19-13-20(11-10-18(19)12-17)21-14-23(25)22(16-27)24(26)15-21/h8-15H,2-7H2,1H3. The van der Waals surface area contributed by atoms with Gasteiger partial charge in [0.15, 0.2) is 0 Å². The molecule has 0 aliphatic heterocycles. The fourth-order valence-corrected chi connectivity index (χ4v) is 3.41. The van der Waals surface area contributed by atoms with E-state index in [0.717, 1.165) is 22.8 Å². The molecule has 0 fully saturated rings. The van der Waals surface area contributed by atoms with Gasteiger partial charge in [-0.1, -0.05) is 62.9 Å². The zero-order valence-corrected chi connectivity index (χ0v) is 15.6. The largest absolute Gasteiger partial charge is 0.205 e. The summed E-state index contributed by atoms with van der Waals surface area (Å²) < 4.78 is 27.8. The van der Waals surface area contributed by atoms with Gasteiger partial charge in [0.2, 0.25) is 0 Å². The first-order valence-corrected chi connectivity index (χ1v) is 9.54. The lowest BCUT2D eigenvalue weighted by molar-refractivity contribution is 0.577. The number of nitrogens with zero attached hydrogens (tertiary/aromatic N) is 1. The summed E-state index contributed by atoms with van der Waals surface area (Å²) in [5.74, 6) is -1.66. The summed E-state index contributed by atoms with van der Waals surface area (Å²) >= 11 is 0. The van der Waals surface area contributed by atoms with E-state index in [1.54, 1.807) is 6.07 Å².